The van der Waals surface area contributed by atoms with Gasteiger partial charge in [-0.2, -0.15) is 0 Å². The molecule has 4 heteroatoms. The quantitative estimate of drug-likeness (QED) is 0.750. The maximum Gasteiger partial charge on any atom is 0.407 e. The van der Waals surface area contributed by atoms with Gasteiger partial charge in [0.05, 0.1) is 6.04 Å². The van der Waals surface area contributed by atoms with E-state index < -0.39 is 6.09 Å². The van der Waals surface area contributed by atoms with Crippen LogP contribution in [0.1, 0.15) is 22.9 Å². The van der Waals surface area contributed by atoms with E-state index in [2.05, 4.69) is 0 Å². The Kier molecular flexibility index (Phi) is 2.00. The normalized spacial score (nSPS) is 19.9. The number of hydrogen-bond acceptors (Lipinski definition) is 2. The number of aryl methyl sites for hydroxylation is 1. The van der Waals surface area contributed by atoms with Crippen molar-refractivity contribution in [3.05, 3.63) is 21.9 Å². The van der Waals surface area contributed by atoms with Gasteiger partial charge in [0.15, 0.2) is 0 Å². The SMILES string of the molecule is CN(C(=O)O)C1CCc2sccc21. The van der Waals surface area contributed by atoms with Crippen molar-refractivity contribution in [1.82, 2.24) is 4.90 Å². The molecule has 0 radical (unpaired) electrons. The van der Waals surface area contributed by atoms with Crippen LogP contribution in [-0.4, -0.2) is 23.1 Å². The lowest BCUT2D eigenvalue weighted by molar-refractivity contribution is 0.138. The van der Waals surface area contributed by atoms with Crippen molar-refractivity contribution in [3.8, 4) is 0 Å². The number of thiophene rings is 1. The minimum atomic E-state index is -0.843. The van der Waals surface area contributed by atoms with E-state index in [-0.39, 0.29) is 6.04 Å². The lowest BCUT2D eigenvalue weighted by atomic mass is 10.1. The average Bonchev–Trinajstić information content (AvgIpc) is 2.61. The van der Waals surface area contributed by atoms with E-state index in [1.165, 1.54) is 15.3 Å². The Hall–Kier alpha value is -1.03. The predicted octanol–water partition coefficient (Wildman–Crippen LogP) is 2.35. The Morgan fingerprint density at radius 3 is 3.23 bits per heavy atom. The molecule has 1 amide bonds. The molecule has 0 aliphatic heterocycles. The van der Waals surface area contributed by atoms with Gasteiger partial charge >= 0.3 is 6.09 Å². The zero-order chi connectivity index (χ0) is 9.42. The molecule has 1 aromatic heterocycles. The summed E-state index contributed by atoms with van der Waals surface area (Å²) in [6.07, 6.45) is 1.11. The van der Waals surface area contributed by atoms with Crippen LogP contribution in [0.15, 0.2) is 11.4 Å². The first-order valence-corrected chi connectivity index (χ1v) is 5.10. The van der Waals surface area contributed by atoms with Crippen LogP contribution in [0.25, 0.3) is 0 Å². The van der Waals surface area contributed by atoms with Crippen LogP contribution in [0, 0.1) is 0 Å². The Morgan fingerprint density at radius 2 is 2.54 bits per heavy atom. The number of rotatable bonds is 1. The summed E-state index contributed by atoms with van der Waals surface area (Å²) in [5, 5.41) is 10.9. The van der Waals surface area contributed by atoms with Crippen LogP contribution in [0.3, 0.4) is 0 Å². The van der Waals surface area contributed by atoms with Gasteiger partial charge in [0.2, 0.25) is 0 Å². The van der Waals surface area contributed by atoms with Gasteiger partial charge in [-0.05, 0) is 29.9 Å². The number of fused-ring (bicyclic) bond motifs is 1. The molecule has 1 aliphatic carbocycles. The highest BCUT2D eigenvalue weighted by Crippen LogP contribution is 2.37. The molecule has 1 aromatic rings. The molecule has 0 spiro atoms. The number of carboxylic acid groups (broad SMARTS) is 1. The number of carbonyl (C=O) groups is 1. The minimum Gasteiger partial charge on any atom is -0.465 e. The van der Waals surface area contributed by atoms with Crippen molar-refractivity contribution in [2.45, 2.75) is 18.9 Å². The van der Waals surface area contributed by atoms with E-state index in [0.29, 0.717) is 0 Å². The summed E-state index contributed by atoms with van der Waals surface area (Å²) >= 11 is 1.73. The maximum atomic E-state index is 10.7. The van der Waals surface area contributed by atoms with Crippen molar-refractivity contribution >= 4 is 17.4 Å². The number of amides is 1. The van der Waals surface area contributed by atoms with E-state index in [1.54, 1.807) is 18.4 Å². The second-order valence-electron chi connectivity index (χ2n) is 3.25. The van der Waals surface area contributed by atoms with E-state index in [1.807, 2.05) is 11.4 Å². The number of nitrogens with zero attached hydrogens (tertiary/aromatic N) is 1. The molecule has 0 saturated heterocycles. The summed E-state index contributed by atoms with van der Waals surface area (Å²) < 4.78 is 0. The van der Waals surface area contributed by atoms with Gasteiger partial charge in [0, 0.05) is 11.9 Å². The van der Waals surface area contributed by atoms with E-state index in [4.69, 9.17) is 5.11 Å². The first kappa shape index (κ1) is 8.56. The summed E-state index contributed by atoms with van der Waals surface area (Å²) in [4.78, 5) is 13.5. The maximum absolute atomic E-state index is 10.7. The fraction of sp³-hybridized carbons (Fsp3) is 0.444. The predicted molar refractivity (Wildman–Crippen MR) is 51.2 cm³/mol. The Labute approximate surface area is 80.6 Å². The van der Waals surface area contributed by atoms with Crippen molar-refractivity contribution in [1.29, 1.82) is 0 Å². The first-order chi connectivity index (χ1) is 6.20. The topological polar surface area (TPSA) is 40.5 Å². The monoisotopic (exact) mass is 197 g/mol. The van der Waals surface area contributed by atoms with Crippen LogP contribution in [0.2, 0.25) is 0 Å². The van der Waals surface area contributed by atoms with E-state index in [0.717, 1.165) is 12.8 Å². The highest BCUT2D eigenvalue weighted by Gasteiger charge is 2.28. The lowest BCUT2D eigenvalue weighted by Crippen LogP contribution is -2.28. The molecule has 13 heavy (non-hydrogen) atoms. The van der Waals surface area contributed by atoms with Crippen molar-refractivity contribution in [3.63, 3.8) is 0 Å². The molecule has 0 bridgehead atoms. The molecule has 1 aliphatic rings. The van der Waals surface area contributed by atoms with Gasteiger partial charge in [-0.25, -0.2) is 4.79 Å². The zero-order valence-corrected chi connectivity index (χ0v) is 8.17. The highest BCUT2D eigenvalue weighted by molar-refractivity contribution is 7.10. The summed E-state index contributed by atoms with van der Waals surface area (Å²) in [6, 6.07) is 2.12. The van der Waals surface area contributed by atoms with Gasteiger partial charge in [0.1, 0.15) is 0 Å². The second-order valence-corrected chi connectivity index (χ2v) is 4.25. The van der Waals surface area contributed by atoms with E-state index in [9.17, 15) is 4.79 Å². The largest absolute Gasteiger partial charge is 0.465 e. The highest BCUT2D eigenvalue weighted by atomic mass is 32.1. The van der Waals surface area contributed by atoms with Crippen LogP contribution in [-0.2, 0) is 6.42 Å². The Balaban J connectivity index is 2.25. The molecule has 3 nitrogen and oxygen atoms in total. The minimum absolute atomic E-state index is 0.0822. The summed E-state index contributed by atoms with van der Waals surface area (Å²) in [5.74, 6) is 0. The third-order valence-electron chi connectivity index (χ3n) is 2.55. The van der Waals surface area contributed by atoms with Crippen molar-refractivity contribution in [2.24, 2.45) is 0 Å². The average molecular weight is 197 g/mol. The van der Waals surface area contributed by atoms with Gasteiger partial charge in [0.25, 0.3) is 0 Å². The van der Waals surface area contributed by atoms with Gasteiger partial charge < -0.3 is 10.0 Å². The van der Waals surface area contributed by atoms with Crippen LogP contribution >= 0.6 is 11.3 Å². The molecule has 1 atom stereocenters. The standard InChI is InChI=1S/C9H11NO2S/c1-10(9(11)12)7-2-3-8-6(7)4-5-13-8/h4-5,7H,2-3H2,1H3,(H,11,12). The summed E-state index contributed by atoms with van der Waals surface area (Å²) in [7, 11) is 1.64. The molecule has 70 valence electrons. The van der Waals surface area contributed by atoms with E-state index >= 15 is 0 Å². The molecule has 0 aromatic carbocycles. The molecular weight excluding hydrogens is 186 g/mol. The van der Waals surface area contributed by atoms with Crippen LogP contribution in [0.4, 0.5) is 4.79 Å². The third-order valence-corrected chi connectivity index (χ3v) is 3.55. The van der Waals surface area contributed by atoms with Crippen LogP contribution < -0.4 is 0 Å². The first-order valence-electron chi connectivity index (χ1n) is 4.22. The molecule has 0 saturated carbocycles. The molecule has 1 N–H and O–H groups in total. The van der Waals surface area contributed by atoms with Gasteiger partial charge in [-0.3, -0.25) is 0 Å². The summed E-state index contributed by atoms with van der Waals surface area (Å²) in [6.45, 7) is 0. The van der Waals surface area contributed by atoms with Gasteiger partial charge in [-0.15, -0.1) is 11.3 Å². The molecule has 1 unspecified atom stereocenters. The van der Waals surface area contributed by atoms with Crippen LogP contribution in [0.5, 0.6) is 0 Å². The van der Waals surface area contributed by atoms with Crippen molar-refractivity contribution < 1.29 is 9.90 Å². The van der Waals surface area contributed by atoms with Crippen molar-refractivity contribution in [2.75, 3.05) is 7.05 Å². The molecular formula is C9H11NO2S. The Bertz CT molecular complexity index is 334. The summed E-state index contributed by atoms with van der Waals surface area (Å²) in [5.41, 5.74) is 1.20. The third kappa shape index (κ3) is 1.31. The second kappa shape index (κ2) is 3.03. The van der Waals surface area contributed by atoms with Gasteiger partial charge in [-0.1, -0.05) is 0 Å². The number of hydrogen-bond donors (Lipinski definition) is 1. The zero-order valence-electron chi connectivity index (χ0n) is 7.36. The fourth-order valence-electron chi connectivity index (χ4n) is 1.81. The fourth-order valence-corrected chi connectivity index (χ4v) is 2.76. The Morgan fingerprint density at radius 1 is 1.77 bits per heavy atom. The molecule has 2 rings (SSSR count). The lowest BCUT2D eigenvalue weighted by Gasteiger charge is -2.21. The smallest absolute Gasteiger partial charge is 0.407 e. The molecule has 0 fully saturated rings. The molecule has 1 heterocycles.